The molecule has 1 fully saturated rings. The Balaban J connectivity index is 1.94. The largest absolute Gasteiger partial charge is 0.462 e. The second-order valence-corrected chi connectivity index (χ2v) is 4.52. The molecule has 2 rings (SSSR count). The van der Waals surface area contributed by atoms with Gasteiger partial charge in [0.15, 0.2) is 0 Å². The summed E-state index contributed by atoms with van der Waals surface area (Å²) in [5, 5.41) is 0. The minimum Gasteiger partial charge on any atom is -0.462 e. The lowest BCUT2D eigenvalue weighted by molar-refractivity contribution is 0.0442. The van der Waals surface area contributed by atoms with E-state index >= 15 is 0 Å². The predicted octanol–water partition coefficient (Wildman–Crippen LogP) is 2.75. The Kier molecular flexibility index (Phi) is 3.61. The first-order chi connectivity index (χ1) is 8.15. The number of halogens is 1. The number of nitrogens with two attached hydrogens (primary N) is 1. The highest BCUT2D eigenvalue weighted by atomic mass is 19.1. The van der Waals surface area contributed by atoms with E-state index < -0.39 is 11.8 Å². The van der Waals surface area contributed by atoms with Gasteiger partial charge in [-0.15, -0.1) is 0 Å². The van der Waals surface area contributed by atoms with Crippen LogP contribution in [0.3, 0.4) is 0 Å². The van der Waals surface area contributed by atoms with Crippen LogP contribution in [0.1, 0.15) is 36.0 Å². The zero-order chi connectivity index (χ0) is 12.3. The number of esters is 1. The molecule has 1 aromatic carbocycles. The van der Waals surface area contributed by atoms with Crippen LogP contribution in [0.15, 0.2) is 18.2 Å². The van der Waals surface area contributed by atoms with Gasteiger partial charge in [0.1, 0.15) is 5.82 Å². The quantitative estimate of drug-likeness (QED) is 0.649. The maximum Gasteiger partial charge on any atom is 0.338 e. The van der Waals surface area contributed by atoms with Crippen molar-refractivity contribution in [1.29, 1.82) is 0 Å². The van der Waals surface area contributed by atoms with Crippen molar-refractivity contribution in [2.75, 3.05) is 12.3 Å². The molecule has 0 aliphatic heterocycles. The summed E-state index contributed by atoms with van der Waals surface area (Å²) in [5.41, 5.74) is 5.88. The van der Waals surface area contributed by atoms with Gasteiger partial charge in [0.05, 0.1) is 12.2 Å². The highest BCUT2D eigenvalue weighted by Gasteiger charge is 2.18. The Morgan fingerprint density at radius 2 is 2.06 bits per heavy atom. The average Bonchev–Trinajstić information content (AvgIpc) is 2.77. The number of rotatable bonds is 3. The molecule has 4 heteroatoms. The number of carbonyl (C=O) groups excluding carboxylic acids is 1. The SMILES string of the molecule is Nc1cc(F)cc(C(=O)OCC2CCCC2)c1. The molecule has 0 saturated heterocycles. The van der Waals surface area contributed by atoms with Crippen LogP contribution in [-0.4, -0.2) is 12.6 Å². The molecule has 1 aliphatic rings. The summed E-state index contributed by atoms with van der Waals surface area (Å²) in [7, 11) is 0. The van der Waals surface area contributed by atoms with Crippen LogP contribution in [0.5, 0.6) is 0 Å². The maximum absolute atomic E-state index is 13.0. The number of hydrogen-bond acceptors (Lipinski definition) is 3. The molecule has 0 amide bonds. The van der Waals surface area contributed by atoms with E-state index in [1.807, 2.05) is 0 Å². The minimum absolute atomic E-state index is 0.181. The summed E-state index contributed by atoms with van der Waals surface area (Å²) in [5.74, 6) is -0.550. The zero-order valence-electron chi connectivity index (χ0n) is 9.62. The highest BCUT2D eigenvalue weighted by molar-refractivity contribution is 5.90. The van der Waals surface area contributed by atoms with Crippen molar-refractivity contribution in [2.24, 2.45) is 5.92 Å². The molecule has 1 saturated carbocycles. The molecule has 0 atom stereocenters. The fraction of sp³-hybridized carbons (Fsp3) is 0.462. The van der Waals surface area contributed by atoms with Gasteiger partial charge in [0.25, 0.3) is 0 Å². The normalized spacial score (nSPS) is 16.1. The summed E-state index contributed by atoms with van der Waals surface area (Å²) in [6.07, 6.45) is 4.63. The molecular weight excluding hydrogens is 221 g/mol. The second kappa shape index (κ2) is 5.17. The van der Waals surface area contributed by atoms with Gasteiger partial charge in [-0.3, -0.25) is 0 Å². The molecule has 0 unspecified atom stereocenters. The van der Waals surface area contributed by atoms with Crippen LogP contribution in [0.25, 0.3) is 0 Å². The van der Waals surface area contributed by atoms with E-state index in [9.17, 15) is 9.18 Å². The fourth-order valence-electron chi connectivity index (χ4n) is 2.18. The van der Waals surface area contributed by atoms with Gasteiger partial charge in [-0.25, -0.2) is 9.18 Å². The lowest BCUT2D eigenvalue weighted by Gasteiger charge is -2.10. The van der Waals surface area contributed by atoms with E-state index in [2.05, 4.69) is 0 Å². The molecule has 2 N–H and O–H groups in total. The number of carbonyl (C=O) groups is 1. The maximum atomic E-state index is 13.0. The van der Waals surface area contributed by atoms with Crippen LogP contribution < -0.4 is 5.73 Å². The van der Waals surface area contributed by atoms with Crippen LogP contribution in [0.2, 0.25) is 0 Å². The lowest BCUT2D eigenvalue weighted by Crippen LogP contribution is -2.12. The molecule has 0 radical (unpaired) electrons. The molecule has 1 aliphatic carbocycles. The van der Waals surface area contributed by atoms with Gasteiger partial charge in [-0.1, -0.05) is 12.8 Å². The first-order valence-corrected chi connectivity index (χ1v) is 5.88. The highest BCUT2D eigenvalue weighted by Crippen LogP contribution is 2.25. The van der Waals surface area contributed by atoms with Crippen molar-refractivity contribution in [1.82, 2.24) is 0 Å². The third-order valence-electron chi connectivity index (χ3n) is 3.08. The number of nitrogen functional groups attached to an aromatic ring is 1. The van der Waals surface area contributed by atoms with Gasteiger partial charge in [-0.05, 0) is 37.0 Å². The van der Waals surface area contributed by atoms with Crippen LogP contribution >= 0.6 is 0 Å². The molecular formula is C13H16FNO2. The van der Waals surface area contributed by atoms with Gasteiger partial charge in [0, 0.05) is 5.69 Å². The van der Waals surface area contributed by atoms with Crippen LogP contribution in [0, 0.1) is 11.7 Å². The number of ether oxygens (including phenoxy) is 1. The van der Waals surface area contributed by atoms with E-state index in [1.54, 1.807) is 0 Å². The standard InChI is InChI=1S/C13H16FNO2/c14-11-5-10(6-12(15)7-11)13(16)17-8-9-3-1-2-4-9/h5-7,9H,1-4,8,15H2. The smallest absolute Gasteiger partial charge is 0.338 e. The molecule has 0 aromatic heterocycles. The van der Waals surface area contributed by atoms with E-state index in [0.717, 1.165) is 18.9 Å². The van der Waals surface area contributed by atoms with Crippen molar-refractivity contribution in [3.63, 3.8) is 0 Å². The van der Waals surface area contributed by atoms with E-state index in [1.165, 1.54) is 25.0 Å². The minimum atomic E-state index is -0.516. The molecule has 17 heavy (non-hydrogen) atoms. The van der Waals surface area contributed by atoms with Crippen molar-refractivity contribution >= 4 is 11.7 Å². The molecule has 1 aromatic rings. The van der Waals surface area contributed by atoms with E-state index in [0.29, 0.717) is 12.5 Å². The van der Waals surface area contributed by atoms with Gasteiger partial charge < -0.3 is 10.5 Å². The third-order valence-corrected chi connectivity index (χ3v) is 3.08. The van der Waals surface area contributed by atoms with Crippen molar-refractivity contribution in [3.8, 4) is 0 Å². The Hall–Kier alpha value is -1.58. The second-order valence-electron chi connectivity index (χ2n) is 4.52. The van der Waals surface area contributed by atoms with Gasteiger partial charge in [-0.2, -0.15) is 0 Å². The average molecular weight is 237 g/mol. The Morgan fingerprint density at radius 1 is 1.35 bits per heavy atom. The summed E-state index contributed by atoms with van der Waals surface area (Å²) < 4.78 is 18.2. The summed E-state index contributed by atoms with van der Waals surface area (Å²) in [6, 6.07) is 3.75. The molecule has 0 bridgehead atoms. The Labute approximate surface area is 99.8 Å². The third kappa shape index (κ3) is 3.19. The zero-order valence-corrected chi connectivity index (χ0v) is 9.62. The van der Waals surface area contributed by atoms with Crippen molar-refractivity contribution in [3.05, 3.63) is 29.6 Å². The first kappa shape index (κ1) is 11.9. The summed E-state index contributed by atoms with van der Waals surface area (Å²) in [4.78, 5) is 11.7. The van der Waals surface area contributed by atoms with Crippen LogP contribution in [0.4, 0.5) is 10.1 Å². The Morgan fingerprint density at radius 3 is 2.71 bits per heavy atom. The molecule has 0 heterocycles. The topological polar surface area (TPSA) is 52.3 Å². The number of anilines is 1. The number of hydrogen-bond donors (Lipinski definition) is 1. The van der Waals surface area contributed by atoms with E-state index in [-0.39, 0.29) is 11.3 Å². The molecule has 0 spiro atoms. The van der Waals surface area contributed by atoms with Crippen molar-refractivity contribution < 1.29 is 13.9 Å². The molecule has 92 valence electrons. The lowest BCUT2D eigenvalue weighted by atomic mass is 10.1. The summed E-state index contributed by atoms with van der Waals surface area (Å²) in [6.45, 7) is 0.426. The predicted molar refractivity (Wildman–Crippen MR) is 63.1 cm³/mol. The monoisotopic (exact) mass is 237 g/mol. The number of benzene rings is 1. The first-order valence-electron chi connectivity index (χ1n) is 5.88. The van der Waals surface area contributed by atoms with Gasteiger partial charge in [0.2, 0.25) is 0 Å². The van der Waals surface area contributed by atoms with E-state index in [4.69, 9.17) is 10.5 Å². The van der Waals surface area contributed by atoms with Gasteiger partial charge >= 0.3 is 5.97 Å². The Bertz CT molecular complexity index is 394. The van der Waals surface area contributed by atoms with Crippen LogP contribution in [-0.2, 0) is 4.74 Å². The molecule has 3 nitrogen and oxygen atoms in total. The van der Waals surface area contributed by atoms with Crippen molar-refractivity contribution in [2.45, 2.75) is 25.7 Å². The fourth-order valence-corrected chi connectivity index (χ4v) is 2.18. The summed E-state index contributed by atoms with van der Waals surface area (Å²) >= 11 is 0.